The Balaban J connectivity index is 1.72. The average molecular weight is 352 g/mol. The van der Waals surface area contributed by atoms with Crippen LogP contribution in [0.5, 0.6) is 0 Å². The van der Waals surface area contributed by atoms with E-state index >= 15 is 0 Å². The lowest BCUT2D eigenvalue weighted by Crippen LogP contribution is -2.41. The molecule has 8 heteroatoms. The van der Waals surface area contributed by atoms with Crippen molar-refractivity contribution in [3.8, 4) is 0 Å². The fourth-order valence-corrected chi connectivity index (χ4v) is 3.93. The maximum Gasteiger partial charge on any atom is 0.250 e. The minimum absolute atomic E-state index is 0.284. The van der Waals surface area contributed by atoms with E-state index in [1.165, 1.54) is 11.3 Å². The maximum absolute atomic E-state index is 11.9. The Bertz CT molecular complexity index is 713. The van der Waals surface area contributed by atoms with Crippen LogP contribution in [-0.2, 0) is 16.6 Å². The predicted molar refractivity (Wildman–Crippen MR) is 94.2 cm³/mol. The van der Waals surface area contributed by atoms with Crippen LogP contribution in [0.2, 0.25) is 0 Å². The molecule has 1 aromatic carbocycles. The van der Waals surface area contributed by atoms with Gasteiger partial charge in [0, 0.05) is 26.7 Å². The van der Waals surface area contributed by atoms with Gasteiger partial charge in [0.2, 0.25) is 10.0 Å². The number of nitrogens with one attached hydrogen (secondary N) is 3. The Morgan fingerprint density at radius 3 is 2.52 bits per heavy atom. The first-order chi connectivity index (χ1) is 11.1. The highest BCUT2D eigenvalue weighted by molar-refractivity contribution is 7.91. The summed E-state index contributed by atoms with van der Waals surface area (Å²) in [5.74, 6) is 0.629. The second-order valence-electron chi connectivity index (χ2n) is 4.67. The van der Waals surface area contributed by atoms with Gasteiger partial charge < -0.3 is 10.6 Å². The van der Waals surface area contributed by atoms with Crippen molar-refractivity contribution >= 4 is 27.3 Å². The van der Waals surface area contributed by atoms with Gasteiger partial charge in [0.1, 0.15) is 4.21 Å². The smallest absolute Gasteiger partial charge is 0.250 e. The number of aliphatic imine (C=N–C) groups is 1. The summed E-state index contributed by atoms with van der Waals surface area (Å²) in [5.41, 5.74) is 1.15. The van der Waals surface area contributed by atoms with Gasteiger partial charge in [0.15, 0.2) is 5.96 Å². The van der Waals surface area contributed by atoms with Crippen molar-refractivity contribution in [3.63, 3.8) is 0 Å². The third-order valence-electron chi connectivity index (χ3n) is 3.00. The van der Waals surface area contributed by atoms with Crippen LogP contribution >= 0.6 is 11.3 Å². The van der Waals surface area contributed by atoms with Crippen LogP contribution in [0, 0.1) is 0 Å². The molecule has 0 aliphatic heterocycles. The minimum Gasteiger partial charge on any atom is -0.355 e. The van der Waals surface area contributed by atoms with E-state index in [9.17, 15) is 8.42 Å². The fraction of sp³-hybridized carbons (Fsp3) is 0.267. The van der Waals surface area contributed by atoms with Gasteiger partial charge in [0.05, 0.1) is 0 Å². The van der Waals surface area contributed by atoms with E-state index in [1.54, 1.807) is 24.6 Å². The van der Waals surface area contributed by atoms with Gasteiger partial charge in [0.25, 0.3) is 0 Å². The summed E-state index contributed by atoms with van der Waals surface area (Å²) in [7, 11) is -1.73. The number of guanidine groups is 1. The summed E-state index contributed by atoms with van der Waals surface area (Å²) in [6.45, 7) is 1.38. The van der Waals surface area contributed by atoms with Crippen LogP contribution < -0.4 is 15.4 Å². The summed E-state index contributed by atoms with van der Waals surface area (Å²) in [4.78, 5) is 4.11. The summed E-state index contributed by atoms with van der Waals surface area (Å²) in [5, 5.41) is 7.99. The highest BCUT2D eigenvalue weighted by Crippen LogP contribution is 2.14. The second kappa shape index (κ2) is 8.66. The van der Waals surface area contributed by atoms with Crippen molar-refractivity contribution in [1.82, 2.24) is 15.4 Å². The Hall–Kier alpha value is -1.90. The Labute approximate surface area is 140 Å². The van der Waals surface area contributed by atoms with Gasteiger partial charge >= 0.3 is 0 Å². The second-order valence-corrected chi connectivity index (χ2v) is 7.61. The predicted octanol–water partition coefficient (Wildman–Crippen LogP) is 1.39. The lowest BCUT2D eigenvalue weighted by Gasteiger charge is -2.12. The molecule has 0 radical (unpaired) electrons. The lowest BCUT2D eigenvalue weighted by atomic mass is 10.2. The molecule has 2 rings (SSSR count). The Kier molecular flexibility index (Phi) is 6.57. The monoisotopic (exact) mass is 352 g/mol. The van der Waals surface area contributed by atoms with Crippen LogP contribution in [0.15, 0.2) is 57.0 Å². The molecule has 124 valence electrons. The number of benzene rings is 1. The van der Waals surface area contributed by atoms with Crippen LogP contribution in [0.3, 0.4) is 0 Å². The average Bonchev–Trinajstić information content (AvgIpc) is 3.10. The molecule has 0 amide bonds. The molecule has 0 spiro atoms. The number of nitrogens with zero attached hydrogens (tertiary/aromatic N) is 1. The first-order valence-electron chi connectivity index (χ1n) is 7.13. The first-order valence-corrected chi connectivity index (χ1v) is 9.50. The molecule has 2 aromatic rings. The van der Waals surface area contributed by atoms with E-state index in [0.717, 1.165) is 5.56 Å². The Morgan fingerprint density at radius 1 is 1.09 bits per heavy atom. The number of sulfonamides is 1. The largest absolute Gasteiger partial charge is 0.355 e. The number of thiophene rings is 1. The summed E-state index contributed by atoms with van der Waals surface area (Å²) in [6.07, 6.45) is 0. The fourth-order valence-electron chi connectivity index (χ4n) is 1.86. The quantitative estimate of drug-likeness (QED) is 0.400. The molecule has 0 unspecified atom stereocenters. The van der Waals surface area contributed by atoms with Crippen molar-refractivity contribution < 1.29 is 8.42 Å². The van der Waals surface area contributed by atoms with E-state index in [2.05, 4.69) is 20.3 Å². The maximum atomic E-state index is 11.9. The van der Waals surface area contributed by atoms with Crippen molar-refractivity contribution in [2.75, 3.05) is 20.1 Å². The molecular formula is C15H20N4O2S2. The zero-order chi connectivity index (χ0) is 16.5. The molecule has 1 aromatic heterocycles. The molecule has 0 saturated heterocycles. The zero-order valence-electron chi connectivity index (χ0n) is 12.8. The lowest BCUT2D eigenvalue weighted by molar-refractivity contribution is 0.582. The molecule has 3 N–H and O–H groups in total. The van der Waals surface area contributed by atoms with Crippen molar-refractivity contribution in [1.29, 1.82) is 0 Å². The molecule has 6 nitrogen and oxygen atoms in total. The molecule has 0 aliphatic carbocycles. The van der Waals surface area contributed by atoms with Crippen LogP contribution in [0.25, 0.3) is 0 Å². The van der Waals surface area contributed by atoms with E-state index in [1.807, 2.05) is 30.3 Å². The topological polar surface area (TPSA) is 82.6 Å². The molecule has 23 heavy (non-hydrogen) atoms. The zero-order valence-corrected chi connectivity index (χ0v) is 14.5. The normalized spacial score (nSPS) is 12.1. The highest BCUT2D eigenvalue weighted by Gasteiger charge is 2.13. The Morgan fingerprint density at radius 2 is 1.87 bits per heavy atom. The van der Waals surface area contributed by atoms with Crippen molar-refractivity contribution in [2.45, 2.75) is 10.8 Å². The number of hydrogen-bond acceptors (Lipinski definition) is 4. The van der Waals surface area contributed by atoms with Crippen LogP contribution in [-0.4, -0.2) is 34.5 Å². The number of rotatable bonds is 7. The SMILES string of the molecule is CN=C(NCCNS(=O)(=O)c1cccs1)NCc1ccccc1. The molecule has 0 saturated carbocycles. The van der Waals surface area contributed by atoms with Gasteiger partial charge in [-0.1, -0.05) is 36.4 Å². The van der Waals surface area contributed by atoms with E-state index in [0.29, 0.717) is 23.3 Å². The summed E-state index contributed by atoms with van der Waals surface area (Å²) >= 11 is 1.20. The third kappa shape index (κ3) is 5.66. The molecule has 0 atom stereocenters. The van der Waals surface area contributed by atoms with Gasteiger partial charge in [-0.25, -0.2) is 13.1 Å². The third-order valence-corrected chi connectivity index (χ3v) is 5.85. The van der Waals surface area contributed by atoms with Gasteiger partial charge in [-0.15, -0.1) is 11.3 Å². The van der Waals surface area contributed by atoms with Gasteiger partial charge in [-0.05, 0) is 17.0 Å². The van der Waals surface area contributed by atoms with Crippen molar-refractivity contribution in [2.24, 2.45) is 4.99 Å². The molecule has 0 aliphatic rings. The standard InChI is InChI=1S/C15H20N4O2S2/c1-16-15(18-12-13-6-3-2-4-7-13)17-9-10-19-23(20,21)14-8-5-11-22-14/h2-8,11,19H,9-10,12H2,1H3,(H2,16,17,18). The molecule has 0 fully saturated rings. The molecular weight excluding hydrogens is 332 g/mol. The summed E-state index contributed by atoms with van der Waals surface area (Å²) < 4.78 is 26.8. The van der Waals surface area contributed by atoms with Gasteiger partial charge in [-0.3, -0.25) is 4.99 Å². The first kappa shape index (κ1) is 17.5. The summed E-state index contributed by atoms with van der Waals surface area (Å²) in [6, 6.07) is 13.3. The molecule has 1 heterocycles. The minimum atomic E-state index is -3.41. The van der Waals surface area contributed by atoms with Crippen molar-refractivity contribution in [3.05, 3.63) is 53.4 Å². The van der Waals surface area contributed by atoms with Gasteiger partial charge in [-0.2, -0.15) is 0 Å². The van der Waals surface area contributed by atoms with E-state index in [4.69, 9.17) is 0 Å². The molecule has 0 bridgehead atoms. The van der Waals surface area contributed by atoms with E-state index in [-0.39, 0.29) is 6.54 Å². The van der Waals surface area contributed by atoms with Crippen LogP contribution in [0.4, 0.5) is 0 Å². The number of hydrogen-bond donors (Lipinski definition) is 3. The van der Waals surface area contributed by atoms with E-state index < -0.39 is 10.0 Å². The highest BCUT2D eigenvalue weighted by atomic mass is 32.2. The van der Waals surface area contributed by atoms with Crippen LogP contribution in [0.1, 0.15) is 5.56 Å².